The highest BCUT2D eigenvalue weighted by Gasteiger charge is 2.48. The summed E-state index contributed by atoms with van der Waals surface area (Å²) in [6.07, 6.45) is 5.99. The molecule has 2 aliphatic rings. The fourth-order valence-electron chi connectivity index (χ4n) is 3.65. The number of likely N-dealkylation sites (tertiary alicyclic amines) is 1. The van der Waals surface area contributed by atoms with Gasteiger partial charge in [-0.2, -0.15) is 5.10 Å². The van der Waals surface area contributed by atoms with Gasteiger partial charge in [0.15, 0.2) is 0 Å². The lowest BCUT2D eigenvalue weighted by Gasteiger charge is -2.19. The minimum atomic E-state index is -0.361. The zero-order valence-electron chi connectivity index (χ0n) is 14.2. The van der Waals surface area contributed by atoms with Crippen LogP contribution < -0.4 is 5.32 Å². The minimum absolute atomic E-state index is 0.160. The molecule has 24 heavy (non-hydrogen) atoms. The molecule has 3 rings (SSSR count). The molecular weight excluding hydrogens is 308 g/mol. The average molecular weight is 332 g/mol. The van der Waals surface area contributed by atoms with E-state index in [-0.39, 0.29) is 42.1 Å². The summed E-state index contributed by atoms with van der Waals surface area (Å²) < 4.78 is 1.74. The van der Waals surface area contributed by atoms with E-state index < -0.39 is 0 Å². The number of nitrogens with zero attached hydrogens (tertiary/aromatic N) is 3. The first kappa shape index (κ1) is 16.7. The van der Waals surface area contributed by atoms with Crippen molar-refractivity contribution in [3.8, 4) is 0 Å². The molecule has 1 N–H and O–H groups in total. The van der Waals surface area contributed by atoms with Crippen molar-refractivity contribution in [3.05, 3.63) is 12.3 Å². The highest BCUT2D eigenvalue weighted by molar-refractivity contribution is 6.08. The summed E-state index contributed by atoms with van der Waals surface area (Å²) in [5, 5.41) is 6.99. The molecule has 3 atom stereocenters. The van der Waals surface area contributed by atoms with Crippen molar-refractivity contribution < 1.29 is 14.4 Å². The molecule has 2 heterocycles. The normalized spacial score (nSPS) is 24.8. The van der Waals surface area contributed by atoms with Crippen LogP contribution in [0.4, 0.5) is 5.82 Å². The average Bonchev–Trinajstić information content (AvgIpc) is 3.13. The lowest BCUT2D eigenvalue weighted by molar-refractivity contribution is -0.142. The number of fused-ring (bicyclic) bond motifs is 1. The summed E-state index contributed by atoms with van der Waals surface area (Å²) in [6, 6.07) is 1.88. The van der Waals surface area contributed by atoms with E-state index in [1.54, 1.807) is 16.9 Å². The SMILES string of the molecule is CCC(C)n1nccc1NC(=O)CN1C(=O)C2CCCCC2C1=O. The van der Waals surface area contributed by atoms with Gasteiger partial charge in [-0.15, -0.1) is 0 Å². The molecule has 3 unspecified atom stereocenters. The van der Waals surface area contributed by atoms with Crippen LogP contribution in [0.15, 0.2) is 12.3 Å². The third kappa shape index (κ3) is 2.95. The molecule has 2 fully saturated rings. The molecule has 1 aliphatic heterocycles. The summed E-state index contributed by atoms with van der Waals surface area (Å²) in [5.41, 5.74) is 0. The highest BCUT2D eigenvalue weighted by atomic mass is 16.2. The van der Waals surface area contributed by atoms with E-state index in [1.165, 1.54) is 0 Å². The second-order valence-electron chi connectivity index (χ2n) is 6.73. The van der Waals surface area contributed by atoms with Crippen molar-refractivity contribution in [1.29, 1.82) is 0 Å². The van der Waals surface area contributed by atoms with Crippen molar-refractivity contribution in [3.63, 3.8) is 0 Å². The standard InChI is InChI=1S/C17H24N4O3/c1-3-11(2)21-14(8-9-18-21)19-15(22)10-20-16(23)12-6-4-5-7-13(12)17(20)24/h8-9,11-13H,3-7,10H2,1-2H3,(H,19,22). The number of rotatable bonds is 5. The van der Waals surface area contributed by atoms with Crippen molar-refractivity contribution >= 4 is 23.5 Å². The van der Waals surface area contributed by atoms with Crippen LogP contribution in [0.1, 0.15) is 52.0 Å². The Balaban J connectivity index is 1.66. The van der Waals surface area contributed by atoms with Crippen molar-refractivity contribution in [2.24, 2.45) is 11.8 Å². The predicted molar refractivity (Wildman–Crippen MR) is 88.0 cm³/mol. The molecule has 7 nitrogen and oxygen atoms in total. The van der Waals surface area contributed by atoms with E-state index >= 15 is 0 Å². The second-order valence-corrected chi connectivity index (χ2v) is 6.73. The van der Waals surface area contributed by atoms with E-state index in [4.69, 9.17) is 0 Å². The molecule has 1 aromatic heterocycles. The maximum Gasteiger partial charge on any atom is 0.245 e. The summed E-state index contributed by atoms with van der Waals surface area (Å²) in [7, 11) is 0. The smallest absolute Gasteiger partial charge is 0.245 e. The van der Waals surface area contributed by atoms with Crippen LogP contribution in [-0.4, -0.2) is 38.9 Å². The maximum absolute atomic E-state index is 12.4. The van der Waals surface area contributed by atoms with Gasteiger partial charge in [0.25, 0.3) is 0 Å². The van der Waals surface area contributed by atoms with Gasteiger partial charge in [0, 0.05) is 6.07 Å². The molecule has 0 bridgehead atoms. The monoisotopic (exact) mass is 332 g/mol. The summed E-state index contributed by atoms with van der Waals surface area (Å²) in [5.74, 6) is -0.578. The third-order valence-electron chi connectivity index (χ3n) is 5.18. The molecule has 130 valence electrons. The summed E-state index contributed by atoms with van der Waals surface area (Å²) >= 11 is 0. The first-order valence-corrected chi connectivity index (χ1v) is 8.71. The Hall–Kier alpha value is -2.18. The van der Waals surface area contributed by atoms with Gasteiger partial charge >= 0.3 is 0 Å². The predicted octanol–water partition coefficient (Wildman–Crippen LogP) is 1.97. The largest absolute Gasteiger partial charge is 0.309 e. The lowest BCUT2D eigenvalue weighted by Crippen LogP contribution is -2.38. The maximum atomic E-state index is 12.4. The van der Waals surface area contributed by atoms with Gasteiger partial charge in [0.1, 0.15) is 12.4 Å². The Morgan fingerprint density at radius 3 is 2.50 bits per heavy atom. The zero-order valence-corrected chi connectivity index (χ0v) is 14.2. The van der Waals surface area contributed by atoms with Crippen molar-refractivity contribution in [1.82, 2.24) is 14.7 Å². The molecule has 0 spiro atoms. The molecule has 0 aromatic carbocycles. The number of anilines is 1. The quantitative estimate of drug-likeness (QED) is 0.836. The van der Waals surface area contributed by atoms with Gasteiger partial charge in [0.2, 0.25) is 17.7 Å². The summed E-state index contributed by atoms with van der Waals surface area (Å²) in [4.78, 5) is 38.3. The number of nitrogens with one attached hydrogen (secondary N) is 1. The van der Waals surface area contributed by atoms with Crippen molar-refractivity contribution in [2.75, 3.05) is 11.9 Å². The van der Waals surface area contributed by atoms with E-state index in [0.29, 0.717) is 5.82 Å². The minimum Gasteiger partial charge on any atom is -0.309 e. The van der Waals surface area contributed by atoms with Gasteiger partial charge in [-0.1, -0.05) is 19.8 Å². The molecule has 1 saturated heterocycles. The number of carbonyl (C=O) groups excluding carboxylic acids is 3. The van der Waals surface area contributed by atoms with E-state index in [1.807, 2.05) is 13.8 Å². The first-order valence-electron chi connectivity index (χ1n) is 8.71. The van der Waals surface area contributed by atoms with Gasteiger partial charge < -0.3 is 5.32 Å². The van der Waals surface area contributed by atoms with Crippen LogP contribution in [0.2, 0.25) is 0 Å². The van der Waals surface area contributed by atoms with Gasteiger partial charge in [-0.05, 0) is 26.2 Å². The fourth-order valence-corrected chi connectivity index (χ4v) is 3.65. The zero-order chi connectivity index (χ0) is 17.3. The number of hydrogen-bond acceptors (Lipinski definition) is 4. The molecule has 7 heteroatoms. The number of carbonyl (C=O) groups is 3. The van der Waals surface area contributed by atoms with Crippen LogP contribution in [0.25, 0.3) is 0 Å². The molecule has 1 aliphatic carbocycles. The lowest BCUT2D eigenvalue weighted by atomic mass is 9.81. The van der Waals surface area contributed by atoms with Crippen LogP contribution in [-0.2, 0) is 14.4 Å². The van der Waals surface area contributed by atoms with E-state index in [0.717, 1.165) is 37.0 Å². The van der Waals surface area contributed by atoms with Crippen molar-refractivity contribution in [2.45, 2.75) is 52.0 Å². The fraction of sp³-hybridized carbons (Fsp3) is 0.647. The van der Waals surface area contributed by atoms with Gasteiger partial charge in [-0.3, -0.25) is 19.3 Å². The third-order valence-corrected chi connectivity index (χ3v) is 5.18. The van der Waals surface area contributed by atoms with E-state index in [9.17, 15) is 14.4 Å². The Morgan fingerprint density at radius 2 is 1.92 bits per heavy atom. The summed E-state index contributed by atoms with van der Waals surface area (Å²) in [6.45, 7) is 3.85. The first-order chi connectivity index (χ1) is 11.5. The molecular formula is C17H24N4O3. The van der Waals surface area contributed by atoms with Crippen LogP contribution >= 0.6 is 0 Å². The van der Waals surface area contributed by atoms with E-state index in [2.05, 4.69) is 10.4 Å². The topological polar surface area (TPSA) is 84.3 Å². The number of amides is 3. The highest BCUT2D eigenvalue weighted by Crippen LogP contribution is 2.37. The Kier molecular flexibility index (Phi) is 4.69. The Bertz CT molecular complexity index is 630. The van der Waals surface area contributed by atoms with Crippen LogP contribution in [0.3, 0.4) is 0 Å². The number of hydrogen-bond donors (Lipinski definition) is 1. The Morgan fingerprint density at radius 1 is 1.29 bits per heavy atom. The van der Waals surface area contributed by atoms with Gasteiger partial charge in [-0.25, -0.2) is 4.68 Å². The molecule has 0 radical (unpaired) electrons. The second kappa shape index (κ2) is 6.75. The number of aromatic nitrogens is 2. The molecule has 1 saturated carbocycles. The van der Waals surface area contributed by atoms with Gasteiger partial charge in [0.05, 0.1) is 24.1 Å². The number of imide groups is 1. The molecule has 1 aromatic rings. The molecule has 3 amide bonds. The van der Waals surface area contributed by atoms with Crippen LogP contribution in [0, 0.1) is 11.8 Å². The van der Waals surface area contributed by atoms with Crippen LogP contribution in [0.5, 0.6) is 0 Å². The Labute approximate surface area is 141 Å².